The van der Waals surface area contributed by atoms with E-state index < -0.39 is 43.2 Å². The number of phenolic OH excluding ortho intramolecular Hbond substituents is 1. The first-order valence-electron chi connectivity index (χ1n) is 9.46. The van der Waals surface area contributed by atoms with E-state index in [0.29, 0.717) is 5.56 Å². The number of imidazole rings is 1. The van der Waals surface area contributed by atoms with Gasteiger partial charge in [-0.15, -0.1) is 0 Å². The van der Waals surface area contributed by atoms with Gasteiger partial charge in [-0.25, -0.2) is 19.7 Å². The number of nitrogens with one attached hydrogen (secondary N) is 1. The van der Waals surface area contributed by atoms with Crippen LogP contribution in [-0.4, -0.2) is 82.0 Å². The van der Waals surface area contributed by atoms with Crippen molar-refractivity contribution >= 4 is 23.0 Å². The highest BCUT2D eigenvalue weighted by Gasteiger charge is 2.44. The lowest BCUT2D eigenvalue weighted by Gasteiger charge is -2.17. The summed E-state index contributed by atoms with van der Waals surface area (Å²) in [6, 6.07) is 5.15. The number of aromatic nitrogens is 4. The lowest BCUT2D eigenvalue weighted by atomic mass is 10.1. The van der Waals surface area contributed by atoms with E-state index in [1.54, 1.807) is 12.1 Å². The van der Waals surface area contributed by atoms with Gasteiger partial charge in [0, 0.05) is 6.42 Å². The number of fused-ring (bicyclic) bond motifs is 1. The van der Waals surface area contributed by atoms with Crippen molar-refractivity contribution in [1.29, 1.82) is 0 Å². The number of carboxylic acid groups (broad SMARTS) is 1. The molecule has 0 aliphatic carbocycles. The van der Waals surface area contributed by atoms with E-state index in [0.717, 1.165) is 0 Å². The summed E-state index contributed by atoms with van der Waals surface area (Å²) in [7, 11) is 0. The molecule has 0 radical (unpaired) electrons. The number of nitrogens with zero attached hydrogens (tertiary/aromatic N) is 4. The molecule has 0 amide bonds. The smallest absolute Gasteiger partial charge is 0.326 e. The van der Waals surface area contributed by atoms with Gasteiger partial charge in [-0.1, -0.05) is 12.1 Å². The summed E-state index contributed by atoms with van der Waals surface area (Å²) in [5.74, 6) is -0.860. The fourth-order valence-electron chi connectivity index (χ4n) is 3.49. The number of aliphatic hydroxyl groups is 3. The summed E-state index contributed by atoms with van der Waals surface area (Å²) in [6.45, 7) is -0.472. The largest absolute Gasteiger partial charge is 0.508 e. The molecule has 0 spiro atoms. The normalized spacial score (nSPS) is 24.4. The van der Waals surface area contributed by atoms with Crippen molar-refractivity contribution in [2.45, 2.75) is 37.0 Å². The molecule has 31 heavy (non-hydrogen) atoms. The highest BCUT2D eigenvalue weighted by atomic mass is 16.6. The number of aromatic hydroxyl groups is 1. The Morgan fingerprint density at radius 1 is 1.16 bits per heavy atom. The van der Waals surface area contributed by atoms with Crippen molar-refractivity contribution in [2.24, 2.45) is 0 Å². The third-order valence-corrected chi connectivity index (χ3v) is 5.14. The van der Waals surface area contributed by atoms with E-state index >= 15 is 0 Å². The van der Waals surface area contributed by atoms with E-state index in [9.17, 15) is 30.3 Å². The Balaban J connectivity index is 1.61. The zero-order chi connectivity index (χ0) is 22.1. The van der Waals surface area contributed by atoms with Crippen molar-refractivity contribution in [2.75, 3.05) is 11.9 Å². The first kappa shape index (κ1) is 20.9. The molecule has 12 heteroatoms. The number of hydrogen-bond donors (Lipinski definition) is 6. The van der Waals surface area contributed by atoms with E-state index in [-0.39, 0.29) is 29.2 Å². The number of aliphatic carboxylic acids is 1. The SMILES string of the molecule is O=C(O)[C@H](Cc1ccc(O)cc1)Nc1ncnc2c1ncn2C1OC(CO)C(O)C1O. The summed E-state index contributed by atoms with van der Waals surface area (Å²) in [6.07, 6.45) is -1.93. The molecule has 12 nitrogen and oxygen atoms in total. The maximum Gasteiger partial charge on any atom is 0.326 e. The van der Waals surface area contributed by atoms with Crippen molar-refractivity contribution in [3.63, 3.8) is 0 Å². The number of carbonyl (C=O) groups is 1. The predicted molar refractivity (Wildman–Crippen MR) is 105 cm³/mol. The summed E-state index contributed by atoms with van der Waals surface area (Å²) in [5.41, 5.74) is 1.19. The highest BCUT2D eigenvalue weighted by molar-refractivity contribution is 5.86. The maximum atomic E-state index is 11.8. The van der Waals surface area contributed by atoms with Crippen LogP contribution < -0.4 is 5.32 Å². The van der Waals surface area contributed by atoms with Gasteiger partial charge in [0.1, 0.15) is 36.4 Å². The molecule has 3 heterocycles. The van der Waals surface area contributed by atoms with E-state index in [4.69, 9.17) is 4.74 Å². The number of aliphatic hydroxyl groups excluding tert-OH is 3. The molecule has 1 aromatic carbocycles. The van der Waals surface area contributed by atoms with Crippen LogP contribution in [-0.2, 0) is 16.0 Å². The zero-order valence-electron chi connectivity index (χ0n) is 16.1. The van der Waals surface area contributed by atoms with Gasteiger partial charge in [0.25, 0.3) is 0 Å². The van der Waals surface area contributed by atoms with Crippen molar-refractivity contribution in [1.82, 2.24) is 19.5 Å². The average Bonchev–Trinajstić information content (AvgIpc) is 3.31. The number of benzene rings is 1. The second-order valence-corrected chi connectivity index (χ2v) is 7.18. The molecule has 0 saturated carbocycles. The molecule has 5 atom stereocenters. The Labute approximate surface area is 175 Å². The summed E-state index contributed by atoms with van der Waals surface area (Å²) >= 11 is 0. The van der Waals surface area contributed by atoms with Crippen LogP contribution in [0.4, 0.5) is 5.82 Å². The first-order chi connectivity index (χ1) is 14.9. The number of anilines is 1. The lowest BCUT2D eigenvalue weighted by Crippen LogP contribution is -2.33. The van der Waals surface area contributed by atoms with Gasteiger partial charge in [0.15, 0.2) is 23.2 Å². The molecule has 1 aliphatic rings. The predicted octanol–water partition coefficient (Wildman–Crippen LogP) is -0.749. The third kappa shape index (κ3) is 4.01. The van der Waals surface area contributed by atoms with Crippen LogP contribution in [0, 0.1) is 0 Å². The van der Waals surface area contributed by atoms with Gasteiger partial charge in [-0.05, 0) is 17.7 Å². The molecular formula is C19H21N5O7. The van der Waals surface area contributed by atoms with Crippen molar-refractivity contribution in [3.8, 4) is 5.75 Å². The number of phenols is 1. The van der Waals surface area contributed by atoms with Gasteiger partial charge in [0.2, 0.25) is 0 Å². The molecule has 4 rings (SSSR count). The lowest BCUT2D eigenvalue weighted by molar-refractivity contribution is -0.137. The molecule has 1 fully saturated rings. The topological polar surface area (TPSA) is 183 Å². The minimum Gasteiger partial charge on any atom is -0.508 e. The first-order valence-corrected chi connectivity index (χ1v) is 9.46. The Morgan fingerprint density at radius 2 is 1.90 bits per heavy atom. The fraction of sp³-hybridized carbons (Fsp3) is 0.368. The van der Waals surface area contributed by atoms with Crippen LogP contribution >= 0.6 is 0 Å². The Bertz CT molecular complexity index is 1070. The van der Waals surface area contributed by atoms with Gasteiger partial charge < -0.3 is 35.6 Å². The van der Waals surface area contributed by atoms with Gasteiger partial charge in [-0.3, -0.25) is 4.57 Å². The van der Waals surface area contributed by atoms with E-state index in [1.807, 2.05) is 0 Å². The molecule has 6 N–H and O–H groups in total. The number of rotatable bonds is 7. The molecule has 164 valence electrons. The molecule has 1 aliphatic heterocycles. The molecule has 0 bridgehead atoms. The summed E-state index contributed by atoms with van der Waals surface area (Å²) in [4.78, 5) is 24.2. The van der Waals surface area contributed by atoms with Crippen LogP contribution in [0.15, 0.2) is 36.9 Å². The average molecular weight is 431 g/mol. The molecule has 3 aromatic rings. The van der Waals surface area contributed by atoms with Gasteiger partial charge in [0.05, 0.1) is 12.9 Å². The van der Waals surface area contributed by atoms with Gasteiger partial charge >= 0.3 is 5.97 Å². The van der Waals surface area contributed by atoms with Crippen molar-refractivity contribution < 1.29 is 35.1 Å². The molecule has 1 saturated heterocycles. The molecule has 2 aromatic heterocycles. The maximum absolute atomic E-state index is 11.8. The van der Waals surface area contributed by atoms with Crippen LogP contribution in [0.5, 0.6) is 5.75 Å². The van der Waals surface area contributed by atoms with Crippen LogP contribution in [0.3, 0.4) is 0 Å². The minimum atomic E-state index is -1.32. The monoisotopic (exact) mass is 431 g/mol. The summed E-state index contributed by atoms with van der Waals surface area (Å²) < 4.78 is 6.90. The van der Waals surface area contributed by atoms with E-state index in [2.05, 4.69) is 20.3 Å². The second-order valence-electron chi connectivity index (χ2n) is 7.18. The number of hydrogen-bond acceptors (Lipinski definition) is 10. The third-order valence-electron chi connectivity index (χ3n) is 5.14. The van der Waals surface area contributed by atoms with Crippen molar-refractivity contribution in [3.05, 3.63) is 42.5 Å². The molecular weight excluding hydrogens is 410 g/mol. The number of ether oxygens (including phenoxy) is 1. The second kappa shape index (κ2) is 8.43. The minimum absolute atomic E-state index is 0.0801. The fourth-order valence-corrected chi connectivity index (χ4v) is 3.49. The Kier molecular flexibility index (Phi) is 5.69. The van der Waals surface area contributed by atoms with Crippen LogP contribution in [0.1, 0.15) is 11.8 Å². The highest BCUT2D eigenvalue weighted by Crippen LogP contribution is 2.32. The summed E-state index contributed by atoms with van der Waals surface area (Å²) in [5, 5.41) is 51.4. The Hall–Kier alpha value is -3.32. The van der Waals surface area contributed by atoms with Crippen LogP contribution in [0.2, 0.25) is 0 Å². The molecule has 4 unspecified atom stereocenters. The number of carboxylic acids is 1. The van der Waals surface area contributed by atoms with Gasteiger partial charge in [-0.2, -0.15) is 0 Å². The quantitative estimate of drug-likeness (QED) is 0.277. The van der Waals surface area contributed by atoms with E-state index in [1.165, 1.54) is 29.4 Å². The van der Waals surface area contributed by atoms with Crippen LogP contribution in [0.25, 0.3) is 11.2 Å². The Morgan fingerprint density at radius 3 is 2.55 bits per heavy atom. The zero-order valence-corrected chi connectivity index (χ0v) is 16.1. The standard InChI is InChI=1S/C19H21N5O7/c25-6-12-14(27)15(28)18(31-12)24-8-22-13-16(20-7-21-17(13)24)23-11(19(29)30)5-9-1-3-10(26)4-2-9/h1-4,7-8,11-12,14-15,18,25-28H,5-6H2,(H,29,30)(H,20,21,23)/t11-,12?,14?,15?,18?/m0/s1.